The largest absolute Gasteiger partial charge is 0.397 e. The quantitative estimate of drug-likeness (QED) is 0.214. The molecular weight excluding hydrogens is 340 g/mol. The molecule has 0 saturated carbocycles. The second kappa shape index (κ2) is 14.0. The molecule has 5 N–H and O–H groups in total. The zero-order valence-electron chi connectivity index (χ0n) is 16.9. The van der Waals surface area contributed by atoms with Crippen molar-refractivity contribution in [3.63, 3.8) is 0 Å². The lowest BCUT2D eigenvalue weighted by Crippen LogP contribution is -2.34. The third-order valence-electron chi connectivity index (χ3n) is 4.30. The molecule has 0 atom stereocenters. The van der Waals surface area contributed by atoms with Crippen LogP contribution in [0.4, 0.5) is 11.4 Å². The monoisotopic (exact) mass is 376 g/mol. The van der Waals surface area contributed by atoms with E-state index in [-0.39, 0.29) is 11.7 Å². The van der Waals surface area contributed by atoms with E-state index in [2.05, 4.69) is 22.9 Å². The van der Waals surface area contributed by atoms with E-state index in [9.17, 15) is 9.59 Å². The zero-order chi connectivity index (χ0) is 19.9. The van der Waals surface area contributed by atoms with E-state index in [1.807, 2.05) is 19.1 Å². The van der Waals surface area contributed by atoms with Crippen LogP contribution in [0.15, 0.2) is 18.2 Å². The van der Waals surface area contributed by atoms with Crippen LogP contribution in [-0.2, 0) is 4.79 Å². The number of hydrogen-bond acceptors (Lipinski definition) is 5. The Balaban J connectivity index is 2.11. The van der Waals surface area contributed by atoms with Crippen LogP contribution in [0.25, 0.3) is 0 Å². The molecule has 0 fully saturated rings. The number of nitrogens with two attached hydrogens (primary N) is 1. The predicted molar refractivity (Wildman–Crippen MR) is 113 cm³/mol. The summed E-state index contributed by atoms with van der Waals surface area (Å²) in [5.74, 6) is 0.213. The number of ketones is 1. The molecule has 0 spiro atoms. The second-order valence-electron chi connectivity index (χ2n) is 6.84. The number of Topliss-reactive ketones (excluding diaryl/α,β-unsaturated/α-hetero) is 1. The van der Waals surface area contributed by atoms with Gasteiger partial charge in [-0.25, -0.2) is 0 Å². The highest BCUT2D eigenvalue weighted by Crippen LogP contribution is 2.21. The Labute approximate surface area is 163 Å². The summed E-state index contributed by atoms with van der Waals surface area (Å²) in [4.78, 5) is 23.4. The minimum atomic E-state index is 0.0708. The van der Waals surface area contributed by atoms with Gasteiger partial charge in [-0.2, -0.15) is 0 Å². The third kappa shape index (κ3) is 9.99. The summed E-state index contributed by atoms with van der Waals surface area (Å²) in [7, 11) is 0. The molecule has 6 heteroatoms. The topological polar surface area (TPSA) is 96.2 Å². The molecule has 0 aliphatic heterocycles. The van der Waals surface area contributed by atoms with Crippen molar-refractivity contribution in [3.05, 3.63) is 23.8 Å². The van der Waals surface area contributed by atoms with Crippen molar-refractivity contribution in [3.8, 4) is 0 Å². The maximum atomic E-state index is 11.9. The normalized spacial score (nSPS) is 10.6. The number of benzene rings is 1. The number of anilines is 2. The summed E-state index contributed by atoms with van der Waals surface area (Å²) < 4.78 is 0. The third-order valence-corrected chi connectivity index (χ3v) is 4.30. The van der Waals surface area contributed by atoms with Gasteiger partial charge in [-0.1, -0.05) is 26.7 Å². The first-order chi connectivity index (χ1) is 13.1. The van der Waals surface area contributed by atoms with Crippen LogP contribution in [-0.4, -0.2) is 37.9 Å². The summed E-state index contributed by atoms with van der Waals surface area (Å²) in [6.07, 6.45) is 6.67. The van der Waals surface area contributed by atoms with E-state index in [1.54, 1.807) is 6.07 Å². The van der Waals surface area contributed by atoms with Crippen molar-refractivity contribution in [2.75, 3.05) is 37.2 Å². The number of amides is 1. The molecule has 0 aromatic heterocycles. The number of hydrogen-bond donors (Lipinski definition) is 4. The van der Waals surface area contributed by atoms with Crippen molar-refractivity contribution in [2.24, 2.45) is 0 Å². The van der Waals surface area contributed by atoms with Crippen LogP contribution < -0.4 is 21.7 Å². The zero-order valence-corrected chi connectivity index (χ0v) is 16.9. The Morgan fingerprint density at radius 3 is 2.37 bits per heavy atom. The van der Waals surface area contributed by atoms with Gasteiger partial charge in [0.1, 0.15) is 0 Å². The standard InChI is InChI=1S/C21H36N4O2/c1-3-9-20(26)17-10-11-19(18(22)15-17)24-13-7-5-6-8-14-25-21(27)16-23-12-4-2/h10-11,15,23-24H,3-9,12-14,16,22H2,1-2H3,(H,25,27). The van der Waals surface area contributed by atoms with Gasteiger partial charge in [0.15, 0.2) is 5.78 Å². The van der Waals surface area contributed by atoms with E-state index < -0.39 is 0 Å². The lowest BCUT2D eigenvalue weighted by atomic mass is 10.1. The van der Waals surface area contributed by atoms with Crippen molar-refractivity contribution in [1.29, 1.82) is 0 Å². The van der Waals surface area contributed by atoms with Crippen LogP contribution in [0.2, 0.25) is 0 Å². The summed E-state index contributed by atoms with van der Waals surface area (Å²) in [6, 6.07) is 5.49. The van der Waals surface area contributed by atoms with Gasteiger partial charge in [-0.05, 0) is 50.4 Å². The van der Waals surface area contributed by atoms with E-state index >= 15 is 0 Å². The Bertz CT molecular complexity index is 575. The van der Waals surface area contributed by atoms with E-state index in [4.69, 9.17) is 5.73 Å². The molecule has 0 aliphatic carbocycles. The molecule has 0 aliphatic rings. The molecule has 1 aromatic carbocycles. The van der Waals surface area contributed by atoms with Crippen molar-refractivity contribution in [1.82, 2.24) is 10.6 Å². The molecule has 0 bridgehead atoms. The summed E-state index contributed by atoms with van der Waals surface area (Å²) in [5.41, 5.74) is 8.24. The minimum Gasteiger partial charge on any atom is -0.397 e. The van der Waals surface area contributed by atoms with Crippen LogP contribution in [0.5, 0.6) is 0 Å². The molecule has 0 unspecified atom stereocenters. The van der Waals surface area contributed by atoms with Gasteiger partial charge < -0.3 is 21.7 Å². The van der Waals surface area contributed by atoms with Gasteiger partial charge in [0.2, 0.25) is 5.91 Å². The summed E-state index contributed by atoms with van der Waals surface area (Å²) in [5, 5.41) is 9.35. The summed E-state index contributed by atoms with van der Waals surface area (Å²) in [6.45, 7) is 6.94. The summed E-state index contributed by atoms with van der Waals surface area (Å²) >= 11 is 0. The number of carbonyl (C=O) groups is 2. The highest BCUT2D eigenvalue weighted by Gasteiger charge is 2.07. The fourth-order valence-electron chi connectivity index (χ4n) is 2.76. The maximum absolute atomic E-state index is 11.9. The molecule has 0 saturated heterocycles. The van der Waals surface area contributed by atoms with Crippen LogP contribution in [0.3, 0.4) is 0 Å². The Hall–Kier alpha value is -2.08. The van der Waals surface area contributed by atoms with Gasteiger partial charge in [0.05, 0.1) is 17.9 Å². The van der Waals surface area contributed by atoms with Gasteiger partial charge >= 0.3 is 0 Å². The number of nitrogen functional groups attached to an aromatic ring is 1. The average molecular weight is 377 g/mol. The number of carbonyl (C=O) groups excluding carboxylic acids is 2. The Morgan fingerprint density at radius 2 is 1.70 bits per heavy atom. The predicted octanol–water partition coefficient (Wildman–Crippen LogP) is 3.34. The Kier molecular flexibility index (Phi) is 11.9. The fourth-order valence-corrected chi connectivity index (χ4v) is 2.76. The lowest BCUT2D eigenvalue weighted by Gasteiger charge is -2.11. The van der Waals surface area contributed by atoms with E-state index in [1.165, 1.54) is 0 Å². The molecule has 27 heavy (non-hydrogen) atoms. The van der Waals surface area contributed by atoms with Crippen molar-refractivity contribution >= 4 is 23.1 Å². The highest BCUT2D eigenvalue weighted by molar-refractivity contribution is 5.97. The second-order valence-corrected chi connectivity index (χ2v) is 6.84. The molecule has 0 radical (unpaired) electrons. The van der Waals surface area contributed by atoms with Gasteiger partial charge in [0.25, 0.3) is 0 Å². The molecule has 1 amide bonds. The average Bonchev–Trinajstić information content (AvgIpc) is 2.65. The van der Waals surface area contributed by atoms with Crippen LogP contribution in [0.1, 0.15) is 69.2 Å². The number of rotatable bonds is 15. The SMILES string of the molecule is CCCNCC(=O)NCCCCCCNc1ccc(C(=O)CCC)cc1N. The minimum absolute atomic E-state index is 0.0708. The smallest absolute Gasteiger partial charge is 0.233 e. The fraction of sp³-hybridized carbons (Fsp3) is 0.619. The first kappa shape index (κ1) is 23.0. The maximum Gasteiger partial charge on any atom is 0.233 e. The van der Waals surface area contributed by atoms with Crippen molar-refractivity contribution in [2.45, 2.75) is 58.8 Å². The van der Waals surface area contributed by atoms with Gasteiger partial charge in [-0.15, -0.1) is 0 Å². The molecule has 152 valence electrons. The van der Waals surface area contributed by atoms with E-state index in [0.29, 0.717) is 24.2 Å². The van der Waals surface area contributed by atoms with Gasteiger partial charge in [0, 0.05) is 25.1 Å². The lowest BCUT2D eigenvalue weighted by molar-refractivity contribution is -0.120. The molecule has 1 rings (SSSR count). The first-order valence-electron chi connectivity index (χ1n) is 10.2. The highest BCUT2D eigenvalue weighted by atomic mass is 16.2. The van der Waals surface area contributed by atoms with Gasteiger partial charge in [-0.3, -0.25) is 9.59 Å². The van der Waals surface area contributed by atoms with Crippen LogP contribution >= 0.6 is 0 Å². The molecular formula is C21H36N4O2. The first-order valence-corrected chi connectivity index (χ1v) is 10.2. The van der Waals surface area contributed by atoms with E-state index in [0.717, 1.165) is 63.8 Å². The van der Waals surface area contributed by atoms with Crippen LogP contribution in [0, 0.1) is 0 Å². The Morgan fingerprint density at radius 1 is 0.963 bits per heavy atom. The molecule has 6 nitrogen and oxygen atoms in total. The molecule has 0 heterocycles. The molecule has 1 aromatic rings. The van der Waals surface area contributed by atoms with Crippen molar-refractivity contribution < 1.29 is 9.59 Å². The number of nitrogens with one attached hydrogen (secondary N) is 3. The number of unbranched alkanes of at least 4 members (excludes halogenated alkanes) is 3.